The van der Waals surface area contributed by atoms with Crippen molar-refractivity contribution in [2.45, 2.75) is 6.92 Å². The summed E-state index contributed by atoms with van der Waals surface area (Å²) in [6.07, 6.45) is 0. The standard InChI is InChI=1S/C14H9BrFNO/c1-9-6-10(8-17)13(15)7-14(9)18-12-4-2-11(16)3-5-12/h2-7H,1H3. The van der Waals surface area contributed by atoms with Gasteiger partial charge in [-0.2, -0.15) is 5.26 Å². The molecule has 0 amide bonds. The van der Waals surface area contributed by atoms with Crippen LogP contribution in [0.4, 0.5) is 4.39 Å². The molecule has 0 heterocycles. The van der Waals surface area contributed by atoms with Crippen molar-refractivity contribution >= 4 is 15.9 Å². The SMILES string of the molecule is Cc1cc(C#N)c(Br)cc1Oc1ccc(F)cc1. The maximum atomic E-state index is 12.8. The van der Waals surface area contributed by atoms with Gasteiger partial charge in [0.15, 0.2) is 0 Å². The highest BCUT2D eigenvalue weighted by Gasteiger charge is 2.07. The molecular weight excluding hydrogens is 297 g/mol. The van der Waals surface area contributed by atoms with E-state index in [0.717, 1.165) is 5.56 Å². The molecule has 2 aromatic rings. The normalized spacial score (nSPS) is 9.89. The van der Waals surface area contributed by atoms with Gasteiger partial charge in [-0.25, -0.2) is 4.39 Å². The molecule has 0 atom stereocenters. The molecule has 0 fully saturated rings. The topological polar surface area (TPSA) is 33.0 Å². The second-order valence-electron chi connectivity index (χ2n) is 3.77. The molecular formula is C14H9BrFNO. The zero-order chi connectivity index (χ0) is 13.1. The lowest BCUT2D eigenvalue weighted by molar-refractivity contribution is 0.476. The Morgan fingerprint density at radius 3 is 2.50 bits per heavy atom. The van der Waals surface area contributed by atoms with E-state index >= 15 is 0 Å². The summed E-state index contributed by atoms with van der Waals surface area (Å²) in [5.74, 6) is 0.878. The number of nitrogens with zero attached hydrogens (tertiary/aromatic N) is 1. The molecule has 90 valence electrons. The van der Waals surface area contributed by atoms with Crippen molar-refractivity contribution in [2.24, 2.45) is 0 Å². The van der Waals surface area contributed by atoms with E-state index in [-0.39, 0.29) is 5.82 Å². The van der Waals surface area contributed by atoms with Crippen LogP contribution in [0.15, 0.2) is 40.9 Å². The number of aryl methyl sites for hydroxylation is 1. The van der Waals surface area contributed by atoms with Crippen LogP contribution in [0.1, 0.15) is 11.1 Å². The van der Waals surface area contributed by atoms with Gasteiger partial charge >= 0.3 is 0 Å². The number of hydrogen-bond donors (Lipinski definition) is 0. The molecule has 0 aliphatic carbocycles. The highest BCUT2D eigenvalue weighted by molar-refractivity contribution is 9.10. The first-order valence-electron chi connectivity index (χ1n) is 5.24. The summed E-state index contributed by atoms with van der Waals surface area (Å²) in [6.45, 7) is 1.85. The first-order valence-corrected chi connectivity index (χ1v) is 6.03. The molecule has 0 saturated heterocycles. The van der Waals surface area contributed by atoms with Crippen molar-refractivity contribution in [2.75, 3.05) is 0 Å². The quantitative estimate of drug-likeness (QED) is 0.815. The fourth-order valence-electron chi connectivity index (χ4n) is 1.49. The average molecular weight is 306 g/mol. The van der Waals surface area contributed by atoms with Crippen molar-refractivity contribution in [1.82, 2.24) is 0 Å². The van der Waals surface area contributed by atoms with Gasteiger partial charge in [-0.05, 0) is 64.8 Å². The Hall–Kier alpha value is -1.86. The fourth-order valence-corrected chi connectivity index (χ4v) is 1.90. The highest BCUT2D eigenvalue weighted by atomic mass is 79.9. The smallest absolute Gasteiger partial charge is 0.131 e. The number of benzene rings is 2. The fraction of sp³-hybridized carbons (Fsp3) is 0.0714. The molecule has 0 bridgehead atoms. The van der Waals surface area contributed by atoms with Crippen molar-refractivity contribution in [1.29, 1.82) is 5.26 Å². The van der Waals surface area contributed by atoms with Gasteiger partial charge in [0.25, 0.3) is 0 Å². The molecule has 0 spiro atoms. The van der Waals surface area contributed by atoms with Gasteiger partial charge in [-0.3, -0.25) is 0 Å². The highest BCUT2D eigenvalue weighted by Crippen LogP contribution is 2.30. The molecule has 4 heteroatoms. The second-order valence-corrected chi connectivity index (χ2v) is 4.62. The predicted octanol–water partition coefficient (Wildman–Crippen LogP) is 4.56. The molecule has 0 saturated carbocycles. The Labute approximate surface area is 113 Å². The van der Waals surface area contributed by atoms with E-state index < -0.39 is 0 Å². The van der Waals surface area contributed by atoms with E-state index in [2.05, 4.69) is 22.0 Å². The molecule has 18 heavy (non-hydrogen) atoms. The summed E-state index contributed by atoms with van der Waals surface area (Å²) in [6, 6.07) is 11.3. The van der Waals surface area contributed by atoms with Gasteiger partial charge < -0.3 is 4.74 Å². The minimum Gasteiger partial charge on any atom is -0.457 e. The van der Waals surface area contributed by atoms with Crippen LogP contribution in [0.25, 0.3) is 0 Å². The summed E-state index contributed by atoms with van der Waals surface area (Å²) >= 11 is 3.30. The van der Waals surface area contributed by atoms with E-state index in [0.29, 0.717) is 21.5 Å². The van der Waals surface area contributed by atoms with Gasteiger partial charge in [0.2, 0.25) is 0 Å². The summed E-state index contributed by atoms with van der Waals surface area (Å²) < 4.78 is 19.1. The lowest BCUT2D eigenvalue weighted by atomic mass is 10.1. The monoisotopic (exact) mass is 305 g/mol. The van der Waals surface area contributed by atoms with Crippen molar-refractivity contribution in [3.8, 4) is 17.6 Å². The average Bonchev–Trinajstić information content (AvgIpc) is 2.36. The van der Waals surface area contributed by atoms with Gasteiger partial charge in [-0.15, -0.1) is 0 Å². The minimum absolute atomic E-state index is 0.305. The molecule has 2 nitrogen and oxygen atoms in total. The molecule has 0 aliphatic heterocycles. The van der Waals surface area contributed by atoms with Crippen LogP contribution in [-0.4, -0.2) is 0 Å². The molecule has 0 aliphatic rings. The van der Waals surface area contributed by atoms with E-state index in [1.165, 1.54) is 12.1 Å². The Morgan fingerprint density at radius 2 is 1.89 bits per heavy atom. The van der Waals surface area contributed by atoms with Crippen LogP contribution in [-0.2, 0) is 0 Å². The number of nitriles is 1. The van der Waals surface area contributed by atoms with Gasteiger partial charge in [0.05, 0.1) is 5.56 Å². The zero-order valence-corrected chi connectivity index (χ0v) is 11.2. The van der Waals surface area contributed by atoms with E-state index in [4.69, 9.17) is 10.00 Å². The van der Waals surface area contributed by atoms with Gasteiger partial charge in [0, 0.05) is 4.47 Å². The lowest BCUT2D eigenvalue weighted by Gasteiger charge is -2.10. The summed E-state index contributed by atoms with van der Waals surface area (Å²) in [4.78, 5) is 0. The third kappa shape index (κ3) is 2.69. The van der Waals surface area contributed by atoms with Gasteiger partial charge in [-0.1, -0.05) is 0 Å². The largest absolute Gasteiger partial charge is 0.457 e. The van der Waals surface area contributed by atoms with Crippen LogP contribution in [0.5, 0.6) is 11.5 Å². The molecule has 0 aromatic heterocycles. The number of hydrogen-bond acceptors (Lipinski definition) is 2. The molecule has 0 unspecified atom stereocenters. The minimum atomic E-state index is -0.305. The number of rotatable bonds is 2. The van der Waals surface area contributed by atoms with Crippen LogP contribution in [0.2, 0.25) is 0 Å². The van der Waals surface area contributed by atoms with Crippen molar-refractivity contribution < 1.29 is 9.13 Å². The first-order chi connectivity index (χ1) is 8.60. The van der Waals surface area contributed by atoms with Crippen LogP contribution >= 0.6 is 15.9 Å². The van der Waals surface area contributed by atoms with Crippen LogP contribution < -0.4 is 4.74 Å². The first kappa shape index (κ1) is 12.6. The number of halogens is 2. The second kappa shape index (κ2) is 5.19. The third-order valence-corrected chi connectivity index (χ3v) is 3.08. The maximum absolute atomic E-state index is 12.8. The number of ether oxygens (including phenoxy) is 1. The predicted molar refractivity (Wildman–Crippen MR) is 70.1 cm³/mol. The summed E-state index contributed by atoms with van der Waals surface area (Å²) in [7, 11) is 0. The molecule has 0 radical (unpaired) electrons. The van der Waals surface area contributed by atoms with Crippen LogP contribution in [0, 0.1) is 24.1 Å². The summed E-state index contributed by atoms with van der Waals surface area (Å²) in [5.41, 5.74) is 1.40. The molecule has 2 rings (SSSR count). The zero-order valence-electron chi connectivity index (χ0n) is 9.58. The van der Waals surface area contributed by atoms with E-state index in [1.807, 2.05) is 6.92 Å². The maximum Gasteiger partial charge on any atom is 0.131 e. The van der Waals surface area contributed by atoms with Crippen molar-refractivity contribution in [3.05, 3.63) is 57.8 Å². The Kier molecular flexibility index (Phi) is 3.63. The van der Waals surface area contributed by atoms with E-state index in [1.54, 1.807) is 24.3 Å². The third-order valence-electron chi connectivity index (χ3n) is 2.43. The Morgan fingerprint density at radius 1 is 1.22 bits per heavy atom. The van der Waals surface area contributed by atoms with Crippen LogP contribution in [0.3, 0.4) is 0 Å². The lowest BCUT2D eigenvalue weighted by Crippen LogP contribution is -1.90. The van der Waals surface area contributed by atoms with Gasteiger partial charge in [0.1, 0.15) is 23.4 Å². The summed E-state index contributed by atoms with van der Waals surface area (Å²) in [5, 5.41) is 8.89. The Bertz CT molecular complexity index is 617. The Balaban J connectivity index is 2.32. The van der Waals surface area contributed by atoms with E-state index in [9.17, 15) is 4.39 Å². The van der Waals surface area contributed by atoms with Crippen molar-refractivity contribution in [3.63, 3.8) is 0 Å². The molecule has 0 N–H and O–H groups in total. The molecule has 2 aromatic carbocycles.